The summed E-state index contributed by atoms with van der Waals surface area (Å²) in [6, 6.07) is 10.00. The van der Waals surface area contributed by atoms with Crippen molar-refractivity contribution in [3.05, 3.63) is 52.5 Å². The summed E-state index contributed by atoms with van der Waals surface area (Å²) in [5.41, 5.74) is 1.86. The van der Waals surface area contributed by atoms with E-state index in [1.54, 1.807) is 18.7 Å². The molecule has 0 aliphatic carbocycles. The van der Waals surface area contributed by atoms with E-state index in [0.29, 0.717) is 35.1 Å². The maximum atomic E-state index is 12.9. The highest BCUT2D eigenvalue weighted by Crippen LogP contribution is 2.35. The van der Waals surface area contributed by atoms with E-state index < -0.39 is 5.97 Å². The Hall–Kier alpha value is -3.13. The van der Waals surface area contributed by atoms with Crippen molar-refractivity contribution in [3.63, 3.8) is 0 Å². The minimum atomic E-state index is -0.536. The zero-order valence-electron chi connectivity index (χ0n) is 18.9. The van der Waals surface area contributed by atoms with Crippen LogP contribution in [0.1, 0.15) is 52.8 Å². The molecule has 170 valence electrons. The van der Waals surface area contributed by atoms with Crippen LogP contribution in [0, 0.1) is 6.92 Å². The van der Waals surface area contributed by atoms with Gasteiger partial charge in [-0.2, -0.15) is 0 Å². The third-order valence-corrected chi connectivity index (χ3v) is 6.58. The number of carbonyl (C=O) groups excluding carboxylic acids is 3. The number of nitrogens with one attached hydrogen (secondary N) is 1. The molecule has 1 aromatic carbocycles. The summed E-state index contributed by atoms with van der Waals surface area (Å²) in [6.07, 6.45) is 2.19. The smallest absolute Gasteiger partial charge is 0.341 e. The molecule has 0 fully saturated rings. The summed E-state index contributed by atoms with van der Waals surface area (Å²) in [5.74, 6) is -0.912. The van der Waals surface area contributed by atoms with E-state index >= 15 is 0 Å². The normalized spacial score (nSPS) is 10.9. The molecule has 3 aromatic rings. The lowest BCUT2D eigenvalue weighted by Crippen LogP contribution is -2.30. The number of benzene rings is 1. The second kappa shape index (κ2) is 10.5. The number of thiophene rings is 1. The van der Waals surface area contributed by atoms with Gasteiger partial charge in [0.05, 0.1) is 17.0 Å². The van der Waals surface area contributed by atoms with Crippen LogP contribution in [0.5, 0.6) is 0 Å². The van der Waals surface area contributed by atoms with Crippen molar-refractivity contribution < 1.29 is 19.1 Å². The number of nitrogens with zero attached hydrogens (tertiary/aromatic N) is 2. The molecule has 2 heterocycles. The number of ether oxygens (including phenoxy) is 1. The van der Waals surface area contributed by atoms with Crippen molar-refractivity contribution in [1.29, 1.82) is 0 Å². The highest BCUT2D eigenvalue weighted by molar-refractivity contribution is 7.18. The predicted octanol–water partition coefficient (Wildman–Crippen LogP) is 4.70. The van der Waals surface area contributed by atoms with Crippen molar-refractivity contribution in [3.8, 4) is 0 Å². The van der Waals surface area contributed by atoms with Crippen LogP contribution >= 0.6 is 11.3 Å². The lowest BCUT2D eigenvalue weighted by molar-refractivity contribution is -0.116. The van der Waals surface area contributed by atoms with Gasteiger partial charge in [0.25, 0.3) is 5.91 Å². The molecule has 0 unspecified atom stereocenters. The maximum Gasteiger partial charge on any atom is 0.341 e. The summed E-state index contributed by atoms with van der Waals surface area (Å²) >= 11 is 1.13. The molecule has 2 aromatic heterocycles. The Morgan fingerprint density at radius 1 is 1.09 bits per heavy atom. The van der Waals surface area contributed by atoms with Gasteiger partial charge >= 0.3 is 5.97 Å². The quantitative estimate of drug-likeness (QED) is 0.474. The minimum Gasteiger partial charge on any atom is -0.462 e. The number of carbonyl (C=O) groups is 3. The maximum absolute atomic E-state index is 12.9. The van der Waals surface area contributed by atoms with Gasteiger partial charge < -0.3 is 19.5 Å². The molecular weight excluding hydrogens is 426 g/mol. The predicted molar refractivity (Wildman–Crippen MR) is 127 cm³/mol. The third-order valence-electron chi connectivity index (χ3n) is 5.38. The van der Waals surface area contributed by atoms with E-state index in [1.165, 1.54) is 0 Å². The first kappa shape index (κ1) is 23.5. The van der Waals surface area contributed by atoms with Crippen LogP contribution < -0.4 is 5.32 Å². The van der Waals surface area contributed by atoms with Crippen molar-refractivity contribution in [2.24, 2.45) is 0 Å². The Kier molecular flexibility index (Phi) is 7.69. The molecule has 0 radical (unpaired) electrons. The second-order valence-electron chi connectivity index (χ2n) is 7.32. The molecule has 0 bridgehead atoms. The minimum absolute atomic E-state index is 0.151. The molecule has 1 N–H and O–H groups in total. The second-order valence-corrected chi connectivity index (χ2v) is 8.34. The van der Waals surface area contributed by atoms with Crippen LogP contribution in [0.3, 0.4) is 0 Å². The Morgan fingerprint density at radius 3 is 2.50 bits per heavy atom. The molecule has 0 saturated carbocycles. The van der Waals surface area contributed by atoms with Gasteiger partial charge in [-0.05, 0) is 50.8 Å². The molecule has 0 saturated heterocycles. The lowest BCUT2D eigenvalue weighted by atomic mass is 10.1. The van der Waals surface area contributed by atoms with Crippen molar-refractivity contribution in [2.45, 2.75) is 40.7 Å². The van der Waals surface area contributed by atoms with Crippen LogP contribution in [0.2, 0.25) is 0 Å². The number of hydrogen-bond acceptors (Lipinski definition) is 5. The zero-order valence-corrected chi connectivity index (χ0v) is 19.8. The van der Waals surface area contributed by atoms with E-state index in [-0.39, 0.29) is 30.4 Å². The monoisotopic (exact) mass is 455 g/mol. The first-order chi connectivity index (χ1) is 15.4. The van der Waals surface area contributed by atoms with Crippen molar-refractivity contribution >= 4 is 45.0 Å². The fraction of sp³-hybridized carbons (Fsp3) is 0.375. The van der Waals surface area contributed by atoms with Gasteiger partial charge in [0.1, 0.15) is 5.00 Å². The highest BCUT2D eigenvalue weighted by Gasteiger charge is 2.28. The first-order valence-corrected chi connectivity index (χ1v) is 11.7. The number of para-hydroxylation sites is 1. The van der Waals surface area contributed by atoms with Gasteiger partial charge in [-0.3, -0.25) is 9.59 Å². The third kappa shape index (κ3) is 4.85. The van der Waals surface area contributed by atoms with Crippen LogP contribution in [-0.2, 0) is 16.1 Å². The molecule has 3 rings (SSSR count). The van der Waals surface area contributed by atoms with Crippen LogP contribution in [0.4, 0.5) is 5.00 Å². The van der Waals surface area contributed by atoms with Crippen LogP contribution in [-0.4, -0.2) is 46.9 Å². The van der Waals surface area contributed by atoms with Gasteiger partial charge in [-0.15, -0.1) is 11.3 Å². The van der Waals surface area contributed by atoms with E-state index in [2.05, 4.69) is 5.32 Å². The standard InChI is InChI=1S/C24H29N3O4S/c1-5-26(6-2)23(29)21-16(4)20(24(30)31-7-3)22(32-21)25-19(28)13-15-27-14-12-17-10-8-9-11-18(17)27/h8-12,14H,5-7,13,15H2,1-4H3,(H,25,28). The molecule has 32 heavy (non-hydrogen) atoms. The van der Waals surface area contributed by atoms with E-state index in [4.69, 9.17) is 4.74 Å². The first-order valence-electron chi connectivity index (χ1n) is 10.8. The molecule has 0 aliphatic heterocycles. The number of rotatable bonds is 9. The summed E-state index contributed by atoms with van der Waals surface area (Å²) in [7, 11) is 0. The number of fused-ring (bicyclic) bond motifs is 1. The van der Waals surface area contributed by atoms with E-state index in [9.17, 15) is 14.4 Å². The lowest BCUT2D eigenvalue weighted by Gasteiger charge is -2.18. The van der Waals surface area contributed by atoms with Gasteiger partial charge in [0, 0.05) is 37.8 Å². The number of amides is 2. The molecule has 0 spiro atoms. The summed E-state index contributed by atoms with van der Waals surface area (Å²) in [5, 5.41) is 4.32. The SMILES string of the molecule is CCOC(=O)c1c(NC(=O)CCn2ccc3ccccc32)sc(C(=O)N(CC)CC)c1C. The van der Waals surface area contributed by atoms with E-state index in [0.717, 1.165) is 22.2 Å². The van der Waals surface area contributed by atoms with E-state index in [1.807, 2.05) is 54.9 Å². The molecule has 0 aliphatic rings. The Morgan fingerprint density at radius 2 is 1.81 bits per heavy atom. The van der Waals surface area contributed by atoms with Gasteiger partial charge in [-0.25, -0.2) is 4.79 Å². The molecular formula is C24H29N3O4S. The number of aryl methyl sites for hydroxylation is 1. The highest BCUT2D eigenvalue weighted by atomic mass is 32.1. The summed E-state index contributed by atoms with van der Waals surface area (Å²) in [4.78, 5) is 40.4. The fourth-order valence-electron chi connectivity index (χ4n) is 3.66. The average molecular weight is 456 g/mol. The fourth-order valence-corrected chi connectivity index (χ4v) is 4.83. The topological polar surface area (TPSA) is 80.6 Å². The Bertz CT molecular complexity index is 1130. The number of aromatic nitrogens is 1. The largest absolute Gasteiger partial charge is 0.462 e. The Balaban J connectivity index is 1.81. The molecule has 2 amide bonds. The Labute approximate surface area is 192 Å². The summed E-state index contributed by atoms with van der Waals surface area (Å²) < 4.78 is 7.22. The molecule has 7 nitrogen and oxygen atoms in total. The number of esters is 1. The zero-order chi connectivity index (χ0) is 23.3. The van der Waals surface area contributed by atoms with Gasteiger partial charge in [-0.1, -0.05) is 18.2 Å². The molecule has 8 heteroatoms. The van der Waals surface area contributed by atoms with Crippen LogP contribution in [0.25, 0.3) is 10.9 Å². The summed E-state index contributed by atoms with van der Waals surface area (Å²) in [6.45, 7) is 9.10. The van der Waals surface area contributed by atoms with Crippen molar-refractivity contribution in [2.75, 3.05) is 25.0 Å². The van der Waals surface area contributed by atoms with Gasteiger partial charge in [0.2, 0.25) is 5.91 Å². The van der Waals surface area contributed by atoms with Crippen LogP contribution in [0.15, 0.2) is 36.5 Å². The van der Waals surface area contributed by atoms with Gasteiger partial charge in [0.15, 0.2) is 0 Å². The molecule has 0 atom stereocenters. The number of hydrogen-bond donors (Lipinski definition) is 1. The number of anilines is 1. The average Bonchev–Trinajstić information content (AvgIpc) is 3.34. The van der Waals surface area contributed by atoms with Crippen molar-refractivity contribution in [1.82, 2.24) is 9.47 Å².